The van der Waals surface area contributed by atoms with E-state index in [2.05, 4.69) is 36.1 Å². The number of nitrogens with one attached hydrogen (secondary N) is 4. The quantitative estimate of drug-likeness (QED) is 0.519. The van der Waals surface area contributed by atoms with Crippen molar-refractivity contribution in [2.75, 3.05) is 0 Å². The number of benzene rings is 1. The Labute approximate surface area is 161 Å². The van der Waals surface area contributed by atoms with Crippen LogP contribution in [0.4, 0.5) is 8.78 Å². The van der Waals surface area contributed by atoms with Gasteiger partial charge in [-0.05, 0) is 18.2 Å². The number of ether oxygens (including phenoxy) is 1. The molecule has 4 rings (SSSR count). The molecule has 0 spiro atoms. The van der Waals surface area contributed by atoms with E-state index in [0.717, 1.165) is 0 Å². The van der Waals surface area contributed by atoms with Crippen LogP contribution < -0.4 is 20.9 Å². The number of carbonyl (C=O) groups excluding carboxylic acids is 1. The molecule has 0 aliphatic carbocycles. The Kier molecular flexibility index (Phi) is 4.80. The molecular formula is C17H13ClF2N6O2. The van der Waals surface area contributed by atoms with Crippen molar-refractivity contribution in [3.8, 4) is 5.75 Å². The number of hydrogen-bond acceptors (Lipinski definition) is 6. The number of amides is 1. The number of hydrogen-bond donors (Lipinski definition) is 4. The van der Waals surface area contributed by atoms with Gasteiger partial charge in [-0.2, -0.15) is 13.9 Å². The minimum absolute atomic E-state index is 0.0573. The smallest absolute Gasteiger partial charge is 0.387 e. The summed E-state index contributed by atoms with van der Waals surface area (Å²) in [6.45, 7) is -3.00. The van der Waals surface area contributed by atoms with Crippen molar-refractivity contribution in [1.82, 2.24) is 31.3 Å². The Morgan fingerprint density at radius 1 is 1.29 bits per heavy atom. The van der Waals surface area contributed by atoms with Crippen molar-refractivity contribution in [2.45, 2.75) is 12.7 Å². The fraction of sp³-hybridized carbons (Fsp3) is 0.118. The average molecular weight is 407 g/mol. The maximum Gasteiger partial charge on any atom is 0.387 e. The van der Waals surface area contributed by atoms with Gasteiger partial charge in [0, 0.05) is 34.6 Å². The summed E-state index contributed by atoms with van der Waals surface area (Å²) in [4.78, 5) is 16.8. The average Bonchev–Trinajstić information content (AvgIpc) is 3.31. The van der Waals surface area contributed by atoms with Crippen molar-refractivity contribution < 1.29 is 18.3 Å². The first-order valence-electron chi connectivity index (χ1n) is 8.07. The number of rotatable bonds is 5. The molecule has 1 aromatic carbocycles. The molecule has 1 aliphatic heterocycles. The van der Waals surface area contributed by atoms with Gasteiger partial charge in [0.05, 0.1) is 29.0 Å². The number of H-pyrrole nitrogens is 1. The summed E-state index contributed by atoms with van der Waals surface area (Å²) in [5.41, 5.74) is 7.19. The third kappa shape index (κ3) is 3.47. The van der Waals surface area contributed by atoms with Gasteiger partial charge in [-0.1, -0.05) is 11.6 Å². The molecule has 4 N–H and O–H groups in total. The van der Waals surface area contributed by atoms with E-state index < -0.39 is 18.6 Å². The van der Waals surface area contributed by atoms with Crippen molar-refractivity contribution in [1.29, 1.82) is 0 Å². The topological polar surface area (TPSA) is 104 Å². The van der Waals surface area contributed by atoms with Crippen molar-refractivity contribution in [3.05, 3.63) is 64.8 Å². The van der Waals surface area contributed by atoms with E-state index in [1.165, 1.54) is 30.6 Å². The van der Waals surface area contributed by atoms with E-state index in [0.29, 0.717) is 27.2 Å². The molecule has 28 heavy (non-hydrogen) atoms. The molecule has 0 fully saturated rings. The molecular weight excluding hydrogens is 394 g/mol. The standard InChI is InChI=1S/C17H13ClF2N6O2/c18-9-1-2-13(28-17(19)20)10(3-9)15-12(7-23-26-15)24-16(27)11-6-21-4-8-5-22-25-14(8)11/h1-7,15,17,23,26H,(H,22,25)(H,24,27). The van der Waals surface area contributed by atoms with E-state index in [1.54, 1.807) is 12.4 Å². The van der Waals surface area contributed by atoms with Crippen LogP contribution in [0.2, 0.25) is 5.02 Å². The van der Waals surface area contributed by atoms with Gasteiger partial charge in [0.15, 0.2) is 0 Å². The second kappa shape index (κ2) is 7.41. The van der Waals surface area contributed by atoms with Gasteiger partial charge in [0.1, 0.15) is 5.75 Å². The Morgan fingerprint density at radius 3 is 2.96 bits per heavy atom. The monoisotopic (exact) mass is 406 g/mol. The molecule has 0 bridgehead atoms. The highest BCUT2D eigenvalue weighted by Gasteiger charge is 2.27. The summed E-state index contributed by atoms with van der Waals surface area (Å²) in [5, 5.41) is 10.4. The third-order valence-corrected chi connectivity index (χ3v) is 4.36. The largest absolute Gasteiger partial charge is 0.434 e. The molecule has 11 heteroatoms. The first-order chi connectivity index (χ1) is 13.5. The SMILES string of the molecule is O=C(NC1=CNNC1c1cc(Cl)ccc1OC(F)F)c1cncc2cn[nH]c12. The number of hydrazine groups is 1. The lowest BCUT2D eigenvalue weighted by Gasteiger charge is -2.19. The fourth-order valence-electron chi connectivity index (χ4n) is 2.90. The molecule has 3 heterocycles. The Bertz CT molecular complexity index is 1070. The van der Waals surface area contributed by atoms with E-state index in [4.69, 9.17) is 11.6 Å². The molecule has 1 aliphatic rings. The van der Waals surface area contributed by atoms with Crippen molar-refractivity contribution >= 4 is 28.4 Å². The summed E-state index contributed by atoms with van der Waals surface area (Å²) in [5.74, 6) is -0.499. The van der Waals surface area contributed by atoms with Gasteiger partial charge in [-0.3, -0.25) is 14.9 Å². The predicted octanol–water partition coefficient (Wildman–Crippen LogP) is 2.63. The van der Waals surface area contributed by atoms with Crippen LogP contribution in [0, 0.1) is 0 Å². The molecule has 8 nitrogen and oxygen atoms in total. The summed E-state index contributed by atoms with van der Waals surface area (Å²) in [6, 6.07) is 3.60. The first-order valence-corrected chi connectivity index (χ1v) is 8.44. The van der Waals surface area contributed by atoms with Gasteiger partial charge in [-0.15, -0.1) is 0 Å². The van der Waals surface area contributed by atoms with E-state index in [1.807, 2.05) is 0 Å². The highest BCUT2D eigenvalue weighted by atomic mass is 35.5. The number of carbonyl (C=O) groups is 1. The van der Waals surface area contributed by atoms with Crippen LogP contribution >= 0.6 is 11.6 Å². The van der Waals surface area contributed by atoms with E-state index >= 15 is 0 Å². The number of aromatic nitrogens is 3. The molecule has 1 amide bonds. The molecule has 0 radical (unpaired) electrons. The molecule has 3 aromatic rings. The van der Waals surface area contributed by atoms with E-state index in [9.17, 15) is 13.6 Å². The van der Waals surface area contributed by atoms with E-state index in [-0.39, 0.29) is 11.3 Å². The number of nitrogens with zero attached hydrogens (tertiary/aromatic N) is 2. The Hall–Kier alpha value is -3.24. The van der Waals surface area contributed by atoms with Crippen LogP contribution in [0.25, 0.3) is 10.9 Å². The van der Waals surface area contributed by atoms with Crippen molar-refractivity contribution in [2.24, 2.45) is 0 Å². The fourth-order valence-corrected chi connectivity index (χ4v) is 3.08. The second-order valence-corrected chi connectivity index (χ2v) is 6.29. The maximum atomic E-state index is 12.7. The zero-order valence-corrected chi connectivity index (χ0v) is 14.8. The summed E-state index contributed by atoms with van der Waals surface area (Å²) < 4.78 is 30.1. The number of pyridine rings is 1. The third-order valence-electron chi connectivity index (χ3n) is 4.12. The van der Waals surface area contributed by atoms with Crippen LogP contribution in [-0.2, 0) is 0 Å². The van der Waals surface area contributed by atoms with Crippen LogP contribution in [-0.4, -0.2) is 27.7 Å². The lowest BCUT2D eigenvalue weighted by Crippen LogP contribution is -2.31. The highest BCUT2D eigenvalue weighted by Crippen LogP contribution is 2.33. The highest BCUT2D eigenvalue weighted by molar-refractivity contribution is 6.30. The number of alkyl halides is 2. The van der Waals surface area contributed by atoms with Crippen LogP contribution in [0.3, 0.4) is 0 Å². The zero-order chi connectivity index (χ0) is 19.7. The Balaban J connectivity index is 1.62. The van der Waals surface area contributed by atoms with Crippen molar-refractivity contribution in [3.63, 3.8) is 0 Å². The number of halogens is 3. The van der Waals surface area contributed by atoms with Gasteiger partial charge in [0.2, 0.25) is 0 Å². The second-order valence-electron chi connectivity index (χ2n) is 5.86. The molecule has 2 aromatic heterocycles. The normalized spacial score (nSPS) is 16.1. The van der Waals surface area contributed by atoms with Crippen LogP contribution in [0.5, 0.6) is 5.75 Å². The maximum absolute atomic E-state index is 12.7. The predicted molar refractivity (Wildman–Crippen MR) is 96.5 cm³/mol. The summed E-state index contributed by atoms with van der Waals surface area (Å²) in [7, 11) is 0. The minimum atomic E-state index is -3.00. The number of aromatic amines is 1. The van der Waals surface area contributed by atoms with Crippen LogP contribution in [0.15, 0.2) is 48.7 Å². The lowest BCUT2D eigenvalue weighted by molar-refractivity contribution is -0.0506. The molecule has 0 saturated carbocycles. The first kappa shape index (κ1) is 18.1. The van der Waals surface area contributed by atoms with Crippen LogP contribution in [0.1, 0.15) is 22.0 Å². The molecule has 1 unspecified atom stereocenters. The molecule has 0 saturated heterocycles. The number of fused-ring (bicyclic) bond motifs is 1. The Morgan fingerprint density at radius 2 is 2.14 bits per heavy atom. The molecule has 144 valence electrons. The summed E-state index contributed by atoms with van der Waals surface area (Å²) >= 11 is 6.02. The lowest BCUT2D eigenvalue weighted by atomic mass is 10.0. The zero-order valence-electron chi connectivity index (χ0n) is 14.0. The summed E-state index contributed by atoms with van der Waals surface area (Å²) in [6.07, 6.45) is 6.05. The van der Waals surface area contributed by atoms with Gasteiger partial charge < -0.3 is 15.5 Å². The molecule has 1 atom stereocenters. The van der Waals surface area contributed by atoms with Gasteiger partial charge in [-0.25, -0.2) is 5.43 Å². The minimum Gasteiger partial charge on any atom is -0.434 e. The van der Waals surface area contributed by atoms with Gasteiger partial charge in [0.25, 0.3) is 5.91 Å². The van der Waals surface area contributed by atoms with Gasteiger partial charge >= 0.3 is 6.61 Å².